The Morgan fingerprint density at radius 2 is 1.24 bits per heavy atom. The number of aliphatic carboxylic acids is 2. The lowest BCUT2D eigenvalue weighted by atomic mass is 9.99. The van der Waals surface area contributed by atoms with Crippen LogP contribution in [0.2, 0.25) is 0 Å². The van der Waals surface area contributed by atoms with Gasteiger partial charge in [0, 0.05) is 19.5 Å². The third-order valence-corrected chi connectivity index (χ3v) is 6.23. The summed E-state index contributed by atoms with van der Waals surface area (Å²) in [6, 6.07) is 25.9. The van der Waals surface area contributed by atoms with Crippen LogP contribution >= 0.6 is 0 Å². The van der Waals surface area contributed by atoms with Gasteiger partial charge in [-0.15, -0.1) is 0 Å². The van der Waals surface area contributed by atoms with E-state index in [1.165, 1.54) is 0 Å². The van der Waals surface area contributed by atoms with Crippen LogP contribution in [0.15, 0.2) is 84.9 Å². The monoisotopic (exact) mass is 644 g/mol. The predicted octanol–water partition coefficient (Wildman–Crippen LogP) is 4.06. The molecule has 1 atom stereocenters. The van der Waals surface area contributed by atoms with Gasteiger partial charge < -0.3 is 31.5 Å². The van der Waals surface area contributed by atoms with Crippen molar-refractivity contribution in [3.8, 4) is 11.1 Å². The number of amides is 4. The second-order valence-electron chi connectivity index (χ2n) is 9.81. The first-order chi connectivity index (χ1) is 21.8. The molecule has 3 rings (SSSR count). The third-order valence-electron chi connectivity index (χ3n) is 6.23. The summed E-state index contributed by atoms with van der Waals surface area (Å²) in [6.45, 7) is 0.548. The minimum atomic E-state index is -5.08. The highest BCUT2D eigenvalue weighted by Gasteiger charge is 2.38. The summed E-state index contributed by atoms with van der Waals surface area (Å²) in [5.41, 5.74) is 3.80. The average molecular weight is 645 g/mol. The number of halogens is 3. The maximum atomic E-state index is 12.4. The number of carboxylic acid groups (broad SMARTS) is 2. The van der Waals surface area contributed by atoms with Crippen LogP contribution in [0, 0.1) is 0 Å². The van der Waals surface area contributed by atoms with Crippen molar-refractivity contribution in [2.24, 2.45) is 0 Å². The molecule has 0 fully saturated rings. The SMILES string of the molecule is O=C(O)C(F)(F)F.O=C(O)CC(NC(=O)CNC(=O)CCCNC(=O)NCCc1ccccc1)c1ccc(-c2ccccc2)cc1. The summed E-state index contributed by atoms with van der Waals surface area (Å²) >= 11 is 0. The number of carbonyl (C=O) groups excluding carboxylic acids is 3. The lowest BCUT2D eigenvalue weighted by Crippen LogP contribution is -2.40. The standard InChI is InChI=1S/C30H34N4O5.C2HF3O2/c35-27(12-7-18-31-30(39)32-19-17-22-8-3-1-4-9-22)33-21-28(36)34-26(20-29(37)38)25-15-13-24(14-16-25)23-10-5-2-6-11-23;3-2(4,5)1(6)7/h1-6,8-11,13-16,26H,7,12,17-21H2,(H,33,35)(H,34,36)(H,37,38)(H2,31,32,39);(H,6,7). The molecule has 246 valence electrons. The molecule has 14 heteroatoms. The highest BCUT2D eigenvalue weighted by atomic mass is 19.4. The van der Waals surface area contributed by atoms with Crippen LogP contribution in [0.25, 0.3) is 11.1 Å². The van der Waals surface area contributed by atoms with Crippen molar-refractivity contribution in [2.45, 2.75) is 37.9 Å². The molecular weight excluding hydrogens is 609 g/mol. The number of nitrogens with one attached hydrogen (secondary N) is 4. The lowest BCUT2D eigenvalue weighted by Gasteiger charge is -2.18. The van der Waals surface area contributed by atoms with E-state index >= 15 is 0 Å². The van der Waals surface area contributed by atoms with Crippen molar-refractivity contribution in [1.82, 2.24) is 21.3 Å². The van der Waals surface area contributed by atoms with Crippen molar-refractivity contribution < 1.29 is 47.4 Å². The van der Waals surface area contributed by atoms with Crippen LogP contribution in [0.1, 0.15) is 36.4 Å². The maximum Gasteiger partial charge on any atom is 0.490 e. The van der Waals surface area contributed by atoms with Gasteiger partial charge in [-0.25, -0.2) is 9.59 Å². The summed E-state index contributed by atoms with van der Waals surface area (Å²) in [5, 5.41) is 27.1. The Labute approximate surface area is 263 Å². The normalized spacial score (nSPS) is 11.2. The highest BCUT2D eigenvalue weighted by molar-refractivity contribution is 5.85. The van der Waals surface area contributed by atoms with E-state index in [1.807, 2.05) is 72.8 Å². The van der Waals surface area contributed by atoms with E-state index < -0.39 is 30.1 Å². The second kappa shape index (κ2) is 19.1. The van der Waals surface area contributed by atoms with E-state index in [0.717, 1.165) is 23.1 Å². The zero-order chi connectivity index (χ0) is 34.0. The molecule has 0 aromatic heterocycles. The number of hydrogen-bond acceptors (Lipinski definition) is 5. The molecule has 1 unspecified atom stereocenters. The first-order valence-electron chi connectivity index (χ1n) is 14.1. The number of carboxylic acids is 2. The molecule has 0 spiro atoms. The Hall–Kier alpha value is -5.40. The van der Waals surface area contributed by atoms with Gasteiger partial charge >= 0.3 is 24.1 Å². The number of urea groups is 1. The Bertz CT molecular complexity index is 1420. The fourth-order valence-corrected chi connectivity index (χ4v) is 3.96. The molecule has 6 N–H and O–H groups in total. The molecule has 0 heterocycles. The number of carbonyl (C=O) groups is 5. The lowest BCUT2D eigenvalue weighted by molar-refractivity contribution is -0.192. The van der Waals surface area contributed by atoms with Crippen LogP contribution in [-0.4, -0.2) is 65.8 Å². The molecule has 0 saturated heterocycles. The molecule has 4 amide bonds. The smallest absolute Gasteiger partial charge is 0.481 e. The number of alkyl halides is 3. The van der Waals surface area contributed by atoms with E-state index in [4.69, 9.17) is 9.90 Å². The molecule has 0 radical (unpaired) electrons. The summed E-state index contributed by atoms with van der Waals surface area (Å²) < 4.78 is 31.7. The van der Waals surface area contributed by atoms with Gasteiger partial charge in [0.15, 0.2) is 0 Å². The molecule has 3 aromatic carbocycles. The van der Waals surface area contributed by atoms with E-state index in [1.54, 1.807) is 12.1 Å². The molecule has 0 saturated carbocycles. The molecule has 0 aliphatic heterocycles. The number of hydrogen-bond donors (Lipinski definition) is 6. The van der Waals surface area contributed by atoms with E-state index in [9.17, 15) is 37.5 Å². The van der Waals surface area contributed by atoms with Gasteiger partial charge in [0.25, 0.3) is 0 Å². The number of rotatable bonds is 14. The topological polar surface area (TPSA) is 174 Å². The minimum Gasteiger partial charge on any atom is -0.481 e. The van der Waals surface area contributed by atoms with Crippen molar-refractivity contribution in [3.63, 3.8) is 0 Å². The molecular formula is C32H35F3N4O7. The van der Waals surface area contributed by atoms with Gasteiger partial charge in [0.2, 0.25) is 11.8 Å². The van der Waals surface area contributed by atoms with Crippen LogP contribution in [0.3, 0.4) is 0 Å². The van der Waals surface area contributed by atoms with Gasteiger partial charge in [0.1, 0.15) is 0 Å². The Morgan fingerprint density at radius 1 is 0.696 bits per heavy atom. The summed E-state index contributed by atoms with van der Waals surface area (Å²) in [5.74, 6) is -4.63. The molecule has 0 aliphatic rings. The molecule has 46 heavy (non-hydrogen) atoms. The Kier molecular flexibility index (Phi) is 15.3. The van der Waals surface area contributed by atoms with Crippen molar-refractivity contribution in [1.29, 1.82) is 0 Å². The highest BCUT2D eigenvalue weighted by Crippen LogP contribution is 2.23. The van der Waals surface area contributed by atoms with Crippen LogP contribution in [0.4, 0.5) is 18.0 Å². The fourth-order valence-electron chi connectivity index (χ4n) is 3.96. The van der Waals surface area contributed by atoms with Crippen LogP contribution in [-0.2, 0) is 25.6 Å². The Balaban J connectivity index is 0.000000942. The number of benzene rings is 3. The fraction of sp³-hybridized carbons (Fsp3) is 0.281. The minimum absolute atomic E-state index is 0.136. The average Bonchev–Trinajstić information content (AvgIpc) is 3.02. The first-order valence-corrected chi connectivity index (χ1v) is 14.1. The van der Waals surface area contributed by atoms with Crippen LogP contribution < -0.4 is 21.3 Å². The van der Waals surface area contributed by atoms with Crippen molar-refractivity contribution >= 4 is 29.8 Å². The maximum absolute atomic E-state index is 12.4. The zero-order valence-corrected chi connectivity index (χ0v) is 24.7. The largest absolute Gasteiger partial charge is 0.490 e. The van der Waals surface area contributed by atoms with Gasteiger partial charge in [-0.3, -0.25) is 14.4 Å². The third kappa shape index (κ3) is 14.9. The van der Waals surface area contributed by atoms with Crippen LogP contribution in [0.5, 0.6) is 0 Å². The van der Waals surface area contributed by atoms with Gasteiger partial charge in [-0.1, -0.05) is 84.9 Å². The summed E-state index contributed by atoms with van der Waals surface area (Å²) in [4.78, 5) is 56.7. The first kappa shape index (κ1) is 36.8. The molecule has 3 aromatic rings. The predicted molar refractivity (Wildman–Crippen MR) is 162 cm³/mol. The van der Waals surface area contributed by atoms with E-state index in [2.05, 4.69) is 21.3 Å². The van der Waals surface area contributed by atoms with E-state index in [0.29, 0.717) is 25.1 Å². The summed E-state index contributed by atoms with van der Waals surface area (Å²) in [7, 11) is 0. The van der Waals surface area contributed by atoms with Crippen molar-refractivity contribution in [3.05, 3.63) is 96.1 Å². The van der Waals surface area contributed by atoms with Gasteiger partial charge in [-0.05, 0) is 35.1 Å². The second-order valence-corrected chi connectivity index (χ2v) is 9.81. The molecule has 0 bridgehead atoms. The molecule has 11 nitrogen and oxygen atoms in total. The van der Waals surface area contributed by atoms with E-state index in [-0.39, 0.29) is 31.3 Å². The quantitative estimate of drug-likeness (QED) is 0.144. The van der Waals surface area contributed by atoms with Gasteiger partial charge in [-0.2, -0.15) is 13.2 Å². The Morgan fingerprint density at radius 3 is 1.80 bits per heavy atom. The summed E-state index contributed by atoms with van der Waals surface area (Å²) in [6.07, 6.45) is -4.10. The molecule has 0 aliphatic carbocycles. The zero-order valence-electron chi connectivity index (χ0n) is 24.7. The van der Waals surface area contributed by atoms with Crippen molar-refractivity contribution in [2.75, 3.05) is 19.6 Å². The van der Waals surface area contributed by atoms with Gasteiger partial charge in [0.05, 0.1) is 19.0 Å².